The first kappa shape index (κ1) is 19.5. The Bertz CT molecular complexity index is 1250. The number of amides is 1. The summed E-state index contributed by atoms with van der Waals surface area (Å²) in [6, 6.07) is 10.2. The van der Waals surface area contributed by atoms with Crippen LogP contribution in [0.2, 0.25) is 0 Å². The van der Waals surface area contributed by atoms with Gasteiger partial charge >= 0.3 is 0 Å². The highest BCUT2D eigenvalue weighted by Gasteiger charge is 2.20. The van der Waals surface area contributed by atoms with Gasteiger partial charge < -0.3 is 10.1 Å². The Morgan fingerprint density at radius 3 is 2.87 bits per heavy atom. The summed E-state index contributed by atoms with van der Waals surface area (Å²) in [6.45, 7) is 1.73. The van der Waals surface area contributed by atoms with Crippen LogP contribution in [-0.2, 0) is 11.3 Å². The lowest BCUT2D eigenvalue weighted by atomic mass is 10.1. The van der Waals surface area contributed by atoms with Crippen LogP contribution in [0.1, 0.15) is 5.69 Å². The first-order chi connectivity index (χ1) is 14.5. The summed E-state index contributed by atoms with van der Waals surface area (Å²) in [5.41, 5.74) is 2.18. The van der Waals surface area contributed by atoms with Crippen molar-refractivity contribution in [3.05, 3.63) is 63.8 Å². The van der Waals surface area contributed by atoms with Crippen molar-refractivity contribution in [1.82, 2.24) is 14.8 Å². The lowest BCUT2D eigenvalue weighted by Gasteiger charge is -2.08. The molecule has 0 unspecified atom stereocenters. The Hall–Kier alpha value is -3.79. The number of hydrogen-bond acceptors (Lipinski definition) is 7. The second-order valence-electron chi connectivity index (χ2n) is 6.47. The fourth-order valence-electron chi connectivity index (χ4n) is 3.25. The summed E-state index contributed by atoms with van der Waals surface area (Å²) in [5, 5.41) is 21.3. The van der Waals surface area contributed by atoms with Crippen LogP contribution in [0, 0.1) is 17.0 Å². The lowest BCUT2D eigenvalue weighted by Crippen LogP contribution is -2.20. The van der Waals surface area contributed by atoms with Gasteiger partial charge in [0, 0.05) is 16.6 Å². The van der Waals surface area contributed by atoms with E-state index in [1.807, 2.05) is 30.5 Å². The summed E-state index contributed by atoms with van der Waals surface area (Å²) < 4.78 is 6.52. The van der Waals surface area contributed by atoms with Gasteiger partial charge in [0.15, 0.2) is 5.65 Å². The molecule has 1 aromatic carbocycles. The normalized spacial score (nSPS) is 10.9. The molecule has 1 N–H and O–H groups in total. The van der Waals surface area contributed by atoms with Crippen molar-refractivity contribution in [2.75, 3.05) is 12.4 Å². The van der Waals surface area contributed by atoms with Gasteiger partial charge in [-0.05, 0) is 36.6 Å². The largest absolute Gasteiger partial charge is 0.496 e. The number of nitrogens with zero attached hydrogens (tertiary/aromatic N) is 4. The van der Waals surface area contributed by atoms with Crippen LogP contribution >= 0.6 is 11.3 Å². The number of benzene rings is 1. The molecular formula is C20H17N5O4S. The first-order valence-corrected chi connectivity index (χ1v) is 9.84. The topological polar surface area (TPSA) is 112 Å². The molecule has 0 saturated heterocycles. The second-order valence-corrected chi connectivity index (χ2v) is 7.41. The van der Waals surface area contributed by atoms with Crippen LogP contribution < -0.4 is 10.1 Å². The molecule has 1 amide bonds. The van der Waals surface area contributed by atoms with E-state index < -0.39 is 10.8 Å². The predicted octanol–water partition coefficient (Wildman–Crippen LogP) is 4.02. The minimum Gasteiger partial charge on any atom is -0.496 e. The number of thiophene rings is 1. The Kier molecular flexibility index (Phi) is 5.15. The maximum absolute atomic E-state index is 12.6. The van der Waals surface area contributed by atoms with E-state index in [1.165, 1.54) is 23.9 Å². The number of carbonyl (C=O) groups is 1. The SMILES string of the molecule is COc1ccc(NC(=O)Cn2nc(C)c3c(-c4cccs4)ccnc32)c([N+](=O)[O-])c1. The van der Waals surface area contributed by atoms with E-state index in [2.05, 4.69) is 15.4 Å². The van der Waals surface area contributed by atoms with E-state index in [-0.39, 0.29) is 17.9 Å². The highest BCUT2D eigenvalue weighted by atomic mass is 32.1. The molecule has 0 fully saturated rings. The fourth-order valence-corrected chi connectivity index (χ4v) is 4.01. The summed E-state index contributed by atoms with van der Waals surface area (Å²) in [4.78, 5) is 28.9. The molecule has 0 radical (unpaired) electrons. The lowest BCUT2D eigenvalue weighted by molar-refractivity contribution is -0.384. The van der Waals surface area contributed by atoms with E-state index in [0.29, 0.717) is 11.4 Å². The van der Waals surface area contributed by atoms with Crippen LogP contribution in [-0.4, -0.2) is 32.7 Å². The number of pyridine rings is 1. The number of carbonyl (C=O) groups excluding carboxylic acids is 1. The third kappa shape index (κ3) is 3.60. The molecule has 0 saturated carbocycles. The highest BCUT2D eigenvalue weighted by Crippen LogP contribution is 2.33. The number of nitro benzene ring substituents is 1. The van der Waals surface area contributed by atoms with Gasteiger partial charge in [-0.1, -0.05) is 6.07 Å². The van der Waals surface area contributed by atoms with Crippen molar-refractivity contribution in [3.8, 4) is 16.2 Å². The monoisotopic (exact) mass is 423 g/mol. The standard InChI is InChI=1S/C20H17N5O4S/c1-12-19-14(17-4-3-9-30-17)7-8-21-20(19)24(23-12)11-18(26)22-15-6-5-13(29-2)10-16(15)25(27)28/h3-10H,11H2,1-2H3,(H,22,26). The maximum atomic E-state index is 12.6. The summed E-state index contributed by atoms with van der Waals surface area (Å²) in [6.07, 6.45) is 1.68. The predicted molar refractivity (Wildman–Crippen MR) is 114 cm³/mol. The molecule has 0 spiro atoms. The minimum absolute atomic E-state index is 0.0891. The second kappa shape index (κ2) is 7.91. The number of methoxy groups -OCH3 is 1. The molecule has 3 aromatic heterocycles. The molecule has 9 nitrogen and oxygen atoms in total. The number of nitrogens with one attached hydrogen (secondary N) is 1. The van der Waals surface area contributed by atoms with Gasteiger partial charge in [-0.2, -0.15) is 5.10 Å². The average Bonchev–Trinajstić information content (AvgIpc) is 3.37. The van der Waals surface area contributed by atoms with E-state index >= 15 is 0 Å². The van der Waals surface area contributed by atoms with Gasteiger partial charge in [-0.3, -0.25) is 14.9 Å². The smallest absolute Gasteiger partial charge is 0.296 e. The molecular weight excluding hydrogens is 406 g/mol. The van der Waals surface area contributed by atoms with Gasteiger partial charge in [0.2, 0.25) is 5.91 Å². The number of hydrogen-bond donors (Lipinski definition) is 1. The number of fused-ring (bicyclic) bond motifs is 1. The quantitative estimate of drug-likeness (QED) is 0.370. The highest BCUT2D eigenvalue weighted by molar-refractivity contribution is 7.13. The molecule has 0 bridgehead atoms. The van der Waals surface area contributed by atoms with Gasteiger partial charge in [-0.15, -0.1) is 11.3 Å². The molecule has 0 atom stereocenters. The van der Waals surface area contributed by atoms with Crippen molar-refractivity contribution >= 4 is 39.7 Å². The summed E-state index contributed by atoms with van der Waals surface area (Å²) in [7, 11) is 1.42. The number of anilines is 1. The Morgan fingerprint density at radius 1 is 1.33 bits per heavy atom. The van der Waals surface area contributed by atoms with Crippen molar-refractivity contribution in [3.63, 3.8) is 0 Å². The van der Waals surface area contributed by atoms with Gasteiger partial charge in [0.25, 0.3) is 5.69 Å². The third-order valence-corrected chi connectivity index (χ3v) is 5.47. The molecule has 3 heterocycles. The zero-order chi connectivity index (χ0) is 21.3. The van der Waals surface area contributed by atoms with E-state index in [4.69, 9.17) is 4.74 Å². The third-order valence-electron chi connectivity index (χ3n) is 4.56. The van der Waals surface area contributed by atoms with Gasteiger partial charge in [0.1, 0.15) is 18.0 Å². The zero-order valence-electron chi connectivity index (χ0n) is 16.2. The molecule has 10 heteroatoms. The average molecular weight is 423 g/mol. The van der Waals surface area contributed by atoms with Crippen molar-refractivity contribution in [2.45, 2.75) is 13.5 Å². The summed E-state index contributed by atoms with van der Waals surface area (Å²) >= 11 is 1.61. The minimum atomic E-state index is -0.569. The molecule has 0 aliphatic carbocycles. The maximum Gasteiger partial charge on any atom is 0.296 e. The van der Waals surface area contributed by atoms with E-state index in [0.717, 1.165) is 21.5 Å². The molecule has 0 aliphatic heterocycles. The Labute approximate surface area is 175 Å². The van der Waals surface area contributed by atoms with Crippen LogP contribution in [0.5, 0.6) is 5.75 Å². The Morgan fingerprint density at radius 2 is 2.17 bits per heavy atom. The molecule has 152 valence electrons. The first-order valence-electron chi connectivity index (χ1n) is 8.96. The molecule has 0 aliphatic rings. The summed E-state index contributed by atoms with van der Waals surface area (Å²) in [5.74, 6) is -0.116. The van der Waals surface area contributed by atoms with Gasteiger partial charge in [-0.25, -0.2) is 9.67 Å². The molecule has 4 rings (SSSR count). The van der Waals surface area contributed by atoms with Crippen LogP contribution in [0.4, 0.5) is 11.4 Å². The van der Waals surface area contributed by atoms with Gasteiger partial charge in [0.05, 0.1) is 29.2 Å². The molecule has 4 aromatic rings. The zero-order valence-corrected chi connectivity index (χ0v) is 17.0. The number of nitro groups is 1. The fraction of sp³-hybridized carbons (Fsp3) is 0.150. The van der Waals surface area contributed by atoms with E-state index in [1.54, 1.807) is 23.6 Å². The molecule has 30 heavy (non-hydrogen) atoms. The van der Waals surface area contributed by atoms with Crippen LogP contribution in [0.3, 0.4) is 0 Å². The van der Waals surface area contributed by atoms with E-state index in [9.17, 15) is 14.9 Å². The van der Waals surface area contributed by atoms with Crippen LogP contribution in [0.25, 0.3) is 21.5 Å². The number of aromatic nitrogens is 3. The van der Waals surface area contributed by atoms with Crippen molar-refractivity contribution in [2.24, 2.45) is 0 Å². The number of ether oxygens (including phenoxy) is 1. The van der Waals surface area contributed by atoms with Crippen molar-refractivity contribution in [1.29, 1.82) is 0 Å². The van der Waals surface area contributed by atoms with Crippen molar-refractivity contribution < 1.29 is 14.5 Å². The number of aryl methyl sites for hydroxylation is 1. The van der Waals surface area contributed by atoms with Crippen LogP contribution in [0.15, 0.2) is 48.0 Å². The number of rotatable bonds is 6. The Balaban J connectivity index is 1.64.